The summed E-state index contributed by atoms with van der Waals surface area (Å²) in [5.41, 5.74) is 0.641. The van der Waals surface area contributed by atoms with Gasteiger partial charge in [-0.15, -0.1) is 0 Å². The molecule has 0 aromatic heterocycles. The minimum atomic E-state index is -0.383. The van der Waals surface area contributed by atoms with Crippen LogP contribution in [0.2, 0.25) is 5.02 Å². The minimum absolute atomic E-state index is 0.383. The van der Waals surface area contributed by atoms with Gasteiger partial charge >= 0.3 is 0 Å². The summed E-state index contributed by atoms with van der Waals surface area (Å²) in [5, 5.41) is 6.85. The van der Waals surface area contributed by atoms with Crippen LogP contribution < -0.4 is 20.1 Å². The maximum absolute atomic E-state index is 6.04. The van der Waals surface area contributed by atoms with Crippen LogP contribution in [-0.2, 0) is 9.47 Å². The van der Waals surface area contributed by atoms with E-state index in [0.717, 1.165) is 0 Å². The highest BCUT2D eigenvalue weighted by atomic mass is 35.5. The van der Waals surface area contributed by atoms with E-state index in [1.807, 2.05) is 0 Å². The van der Waals surface area contributed by atoms with Crippen LogP contribution in [0, 0.1) is 0 Å². The van der Waals surface area contributed by atoms with Crippen molar-refractivity contribution < 1.29 is 18.9 Å². The van der Waals surface area contributed by atoms with Crippen LogP contribution in [0.1, 0.15) is 0 Å². The summed E-state index contributed by atoms with van der Waals surface area (Å²) in [6, 6.07) is 3.36. The second-order valence-corrected chi connectivity index (χ2v) is 4.74. The van der Waals surface area contributed by atoms with Crippen molar-refractivity contribution in [1.29, 1.82) is 0 Å². The van der Waals surface area contributed by atoms with Gasteiger partial charge in [0.2, 0.25) is 0 Å². The molecule has 0 atom stereocenters. The lowest BCUT2D eigenvalue weighted by atomic mass is 10.2. The van der Waals surface area contributed by atoms with Gasteiger partial charge in [-0.05, 0) is 12.2 Å². The Kier molecular flexibility index (Phi) is 7.52. The summed E-state index contributed by atoms with van der Waals surface area (Å²) in [4.78, 5) is 0. The highest BCUT2D eigenvalue weighted by Gasteiger charge is 2.12. The van der Waals surface area contributed by atoms with Gasteiger partial charge in [-0.1, -0.05) is 11.6 Å². The molecule has 1 aromatic rings. The molecule has 0 heterocycles. The molecule has 0 unspecified atom stereocenters. The Labute approximate surface area is 134 Å². The van der Waals surface area contributed by atoms with Gasteiger partial charge < -0.3 is 29.6 Å². The minimum Gasteiger partial charge on any atom is -0.495 e. The lowest BCUT2D eigenvalue weighted by molar-refractivity contribution is -0.0964. The monoisotopic (exact) mass is 334 g/mol. The van der Waals surface area contributed by atoms with E-state index in [4.69, 9.17) is 42.8 Å². The normalized spacial score (nSPS) is 10.4. The Morgan fingerprint density at radius 3 is 2.29 bits per heavy atom. The van der Waals surface area contributed by atoms with Crippen LogP contribution in [0.15, 0.2) is 12.1 Å². The van der Waals surface area contributed by atoms with E-state index < -0.39 is 0 Å². The molecule has 0 saturated heterocycles. The van der Waals surface area contributed by atoms with Gasteiger partial charge in [-0.3, -0.25) is 0 Å². The van der Waals surface area contributed by atoms with Gasteiger partial charge in [-0.25, -0.2) is 0 Å². The van der Waals surface area contributed by atoms with Gasteiger partial charge in [0.15, 0.2) is 11.4 Å². The van der Waals surface area contributed by atoms with Crippen molar-refractivity contribution in [3.05, 3.63) is 17.2 Å². The lowest BCUT2D eigenvalue weighted by Gasteiger charge is -2.18. The predicted octanol–water partition coefficient (Wildman–Crippen LogP) is 2.26. The van der Waals surface area contributed by atoms with E-state index in [0.29, 0.717) is 33.9 Å². The number of anilines is 1. The molecule has 0 aliphatic carbocycles. The zero-order valence-electron chi connectivity index (χ0n) is 12.4. The van der Waals surface area contributed by atoms with Gasteiger partial charge in [0.05, 0.1) is 31.5 Å². The van der Waals surface area contributed by atoms with Gasteiger partial charge in [-0.2, -0.15) is 0 Å². The van der Waals surface area contributed by atoms with Crippen LogP contribution in [0.25, 0.3) is 0 Å². The van der Waals surface area contributed by atoms with Gasteiger partial charge in [0, 0.05) is 26.4 Å². The number of ether oxygens (including phenoxy) is 4. The molecule has 0 fully saturated rings. The molecule has 6 nitrogen and oxygen atoms in total. The summed E-state index contributed by atoms with van der Waals surface area (Å²) in [5.74, 6) is 1.08. The molecule has 0 aliphatic heterocycles. The summed E-state index contributed by atoms with van der Waals surface area (Å²) >= 11 is 11.3. The number of rotatable bonds is 7. The Hall–Kier alpha value is -1.28. The molecule has 2 N–H and O–H groups in total. The molecular formula is C13H19ClN2O4S. The SMILES string of the molecule is COc1cc(NC(=S)NCC(OC)OC)c(OC)cc1Cl. The Morgan fingerprint density at radius 2 is 1.76 bits per heavy atom. The number of thiocarbonyl (C=S) groups is 1. The first-order valence-corrected chi connectivity index (χ1v) is 6.86. The highest BCUT2D eigenvalue weighted by molar-refractivity contribution is 7.80. The third-order valence-electron chi connectivity index (χ3n) is 2.68. The van der Waals surface area contributed by atoms with Crippen molar-refractivity contribution in [3.63, 3.8) is 0 Å². The van der Waals surface area contributed by atoms with Crippen LogP contribution in [-0.4, -0.2) is 46.4 Å². The van der Waals surface area contributed by atoms with E-state index in [-0.39, 0.29) is 6.29 Å². The molecule has 21 heavy (non-hydrogen) atoms. The molecule has 118 valence electrons. The number of hydrogen-bond donors (Lipinski definition) is 2. The quantitative estimate of drug-likeness (QED) is 0.586. The molecule has 0 saturated carbocycles. The van der Waals surface area contributed by atoms with E-state index >= 15 is 0 Å². The molecule has 0 radical (unpaired) electrons. The van der Waals surface area contributed by atoms with Gasteiger partial charge in [0.1, 0.15) is 11.5 Å². The fraction of sp³-hybridized carbons (Fsp3) is 0.462. The first kappa shape index (κ1) is 17.8. The summed E-state index contributed by atoms with van der Waals surface area (Å²) in [7, 11) is 6.19. The van der Waals surface area contributed by atoms with E-state index in [9.17, 15) is 0 Å². The highest BCUT2D eigenvalue weighted by Crippen LogP contribution is 2.35. The average molecular weight is 335 g/mol. The molecule has 0 aliphatic rings. The third-order valence-corrected chi connectivity index (χ3v) is 3.22. The van der Waals surface area contributed by atoms with E-state index in [1.165, 1.54) is 7.11 Å². The zero-order chi connectivity index (χ0) is 15.8. The number of methoxy groups -OCH3 is 4. The fourth-order valence-electron chi connectivity index (χ4n) is 1.56. The van der Waals surface area contributed by atoms with Crippen molar-refractivity contribution in [2.24, 2.45) is 0 Å². The van der Waals surface area contributed by atoms with Crippen LogP contribution in [0.4, 0.5) is 5.69 Å². The number of hydrogen-bond acceptors (Lipinski definition) is 5. The van der Waals surface area contributed by atoms with E-state index in [2.05, 4.69) is 10.6 Å². The first-order valence-electron chi connectivity index (χ1n) is 6.07. The smallest absolute Gasteiger partial charge is 0.174 e. The van der Waals surface area contributed by atoms with Crippen molar-refractivity contribution >= 4 is 34.6 Å². The van der Waals surface area contributed by atoms with Gasteiger partial charge in [0.25, 0.3) is 0 Å². The van der Waals surface area contributed by atoms with Crippen LogP contribution in [0.3, 0.4) is 0 Å². The topological polar surface area (TPSA) is 61.0 Å². The second-order valence-electron chi connectivity index (χ2n) is 3.92. The molecule has 0 spiro atoms. The van der Waals surface area contributed by atoms with Crippen molar-refractivity contribution in [2.45, 2.75) is 6.29 Å². The fourth-order valence-corrected chi connectivity index (χ4v) is 1.99. The molecule has 1 rings (SSSR count). The van der Waals surface area contributed by atoms with Crippen molar-refractivity contribution in [3.8, 4) is 11.5 Å². The number of benzene rings is 1. The largest absolute Gasteiger partial charge is 0.495 e. The standard InChI is InChI=1S/C13H19ClN2O4S/c1-17-10-6-9(11(18-2)5-8(10)14)16-13(21)15-7-12(19-3)20-4/h5-6,12H,7H2,1-4H3,(H2,15,16,21). The lowest BCUT2D eigenvalue weighted by Crippen LogP contribution is -2.36. The third kappa shape index (κ3) is 5.20. The van der Waals surface area contributed by atoms with Crippen molar-refractivity contribution in [2.75, 3.05) is 40.3 Å². The maximum atomic E-state index is 6.04. The first-order chi connectivity index (χ1) is 10.0. The molecule has 1 aromatic carbocycles. The molecular weight excluding hydrogens is 316 g/mol. The number of halogens is 1. The Morgan fingerprint density at radius 1 is 1.14 bits per heavy atom. The van der Waals surface area contributed by atoms with Crippen LogP contribution in [0.5, 0.6) is 11.5 Å². The number of nitrogens with one attached hydrogen (secondary N) is 2. The van der Waals surface area contributed by atoms with E-state index in [1.54, 1.807) is 33.5 Å². The maximum Gasteiger partial charge on any atom is 0.174 e. The summed E-state index contributed by atoms with van der Waals surface area (Å²) in [6.45, 7) is 0.409. The Bertz CT molecular complexity index is 483. The average Bonchev–Trinajstić information content (AvgIpc) is 2.49. The Balaban J connectivity index is 2.75. The molecule has 0 amide bonds. The zero-order valence-corrected chi connectivity index (χ0v) is 13.9. The summed E-state index contributed by atoms with van der Waals surface area (Å²) in [6.07, 6.45) is -0.383. The molecule has 0 bridgehead atoms. The summed E-state index contributed by atoms with van der Waals surface area (Å²) < 4.78 is 20.5. The predicted molar refractivity (Wildman–Crippen MR) is 86.6 cm³/mol. The molecule has 8 heteroatoms. The second kappa shape index (κ2) is 8.89. The van der Waals surface area contributed by atoms with Crippen molar-refractivity contribution in [1.82, 2.24) is 5.32 Å². The van der Waals surface area contributed by atoms with Crippen LogP contribution >= 0.6 is 23.8 Å².